The number of nitrogens with zero attached hydrogens (tertiary/aromatic N) is 2. The number of fused-ring (bicyclic) bond motifs is 2. The highest BCUT2D eigenvalue weighted by Gasteiger charge is 2.25. The minimum Gasteiger partial charge on any atom is -0.497 e. The van der Waals surface area contributed by atoms with E-state index in [4.69, 9.17) is 9.15 Å². The normalized spacial score (nSPS) is 19.8. The van der Waals surface area contributed by atoms with E-state index in [1.165, 1.54) is 24.5 Å². The largest absolute Gasteiger partial charge is 0.497 e. The number of methoxy groups -OCH3 is 1. The number of rotatable bonds is 6. The summed E-state index contributed by atoms with van der Waals surface area (Å²) in [6.07, 6.45) is 7.50. The molecule has 5 nitrogen and oxygen atoms in total. The first kappa shape index (κ1) is 20.7. The highest BCUT2D eigenvalue weighted by molar-refractivity contribution is 5.82. The molecule has 5 rings (SSSR count). The molecule has 0 unspecified atom stereocenters. The summed E-state index contributed by atoms with van der Waals surface area (Å²) in [5, 5.41) is 4.38. The van der Waals surface area contributed by atoms with Gasteiger partial charge in [0.2, 0.25) is 0 Å². The quantitative estimate of drug-likeness (QED) is 0.367. The Hall–Kier alpha value is -3.15. The molecule has 1 aliphatic carbocycles. The maximum Gasteiger partial charge on any atom is 0.295 e. The van der Waals surface area contributed by atoms with Crippen molar-refractivity contribution in [1.82, 2.24) is 9.97 Å². The second-order valence-electron chi connectivity index (χ2n) is 8.91. The highest BCUT2D eigenvalue weighted by atomic mass is 19.1. The van der Waals surface area contributed by atoms with Gasteiger partial charge in [-0.05, 0) is 92.8 Å². The summed E-state index contributed by atoms with van der Waals surface area (Å²) >= 11 is 0. The van der Waals surface area contributed by atoms with Crippen LogP contribution in [-0.2, 0) is 0 Å². The Labute approximate surface area is 187 Å². The van der Waals surface area contributed by atoms with Crippen molar-refractivity contribution in [2.24, 2.45) is 5.92 Å². The number of hydrogen-bond donors (Lipinski definition) is 1. The molecule has 1 N–H and O–H groups in total. The molecule has 0 saturated heterocycles. The lowest BCUT2D eigenvalue weighted by Crippen LogP contribution is -2.23. The van der Waals surface area contributed by atoms with Gasteiger partial charge in [0.1, 0.15) is 17.1 Å². The second kappa shape index (κ2) is 8.77. The maximum absolute atomic E-state index is 13.8. The molecule has 32 heavy (non-hydrogen) atoms. The molecule has 1 aliphatic rings. The van der Waals surface area contributed by atoms with Crippen molar-refractivity contribution in [3.8, 4) is 5.75 Å². The van der Waals surface area contributed by atoms with Crippen LogP contribution in [0.25, 0.3) is 22.0 Å². The summed E-state index contributed by atoms with van der Waals surface area (Å²) in [5.41, 5.74) is 3.66. The van der Waals surface area contributed by atoms with E-state index in [9.17, 15) is 4.39 Å². The molecule has 0 amide bonds. The molecule has 2 heterocycles. The van der Waals surface area contributed by atoms with Gasteiger partial charge in [-0.1, -0.05) is 0 Å². The molecule has 1 saturated carbocycles. The lowest BCUT2D eigenvalue weighted by Gasteiger charge is -2.31. The maximum atomic E-state index is 13.8. The standard InChI is InChI=1S/C26H28FN3O2/c1-16(29-26-30-24-10-8-20(31-2)15-25(24)32-26)13-17-3-5-18(6-4-17)21-11-12-28-23-9-7-19(27)14-22(21)23/h7-12,14-18H,3-6,13H2,1-2H3,(H,29,30)/t16-,17?,18?/m1/s1. The first-order chi connectivity index (χ1) is 15.6. The summed E-state index contributed by atoms with van der Waals surface area (Å²) in [6, 6.07) is 13.4. The topological polar surface area (TPSA) is 60.2 Å². The van der Waals surface area contributed by atoms with Gasteiger partial charge in [0.25, 0.3) is 6.01 Å². The lowest BCUT2D eigenvalue weighted by atomic mass is 9.76. The van der Waals surface area contributed by atoms with Crippen LogP contribution in [0.2, 0.25) is 0 Å². The molecule has 2 aromatic heterocycles. The van der Waals surface area contributed by atoms with Crippen molar-refractivity contribution in [2.45, 2.75) is 51.0 Å². The van der Waals surface area contributed by atoms with Crippen LogP contribution in [0.4, 0.5) is 10.4 Å². The van der Waals surface area contributed by atoms with Gasteiger partial charge >= 0.3 is 0 Å². The van der Waals surface area contributed by atoms with Crippen LogP contribution >= 0.6 is 0 Å². The molecule has 6 heteroatoms. The molecule has 0 aliphatic heterocycles. The molecule has 1 atom stereocenters. The van der Waals surface area contributed by atoms with E-state index < -0.39 is 0 Å². The van der Waals surface area contributed by atoms with Gasteiger partial charge in [-0.15, -0.1) is 0 Å². The average Bonchev–Trinajstić information content (AvgIpc) is 3.20. The molecular weight excluding hydrogens is 405 g/mol. The number of pyridine rings is 1. The number of nitrogens with one attached hydrogen (secondary N) is 1. The van der Waals surface area contributed by atoms with Gasteiger partial charge in [-0.2, -0.15) is 4.98 Å². The SMILES string of the molecule is COc1ccc2nc(N[C@H](C)CC3CCC(c4ccnc5ccc(F)cc45)CC3)oc2c1. The smallest absolute Gasteiger partial charge is 0.295 e. The molecule has 0 spiro atoms. The van der Waals surface area contributed by atoms with Crippen LogP contribution in [0.1, 0.15) is 50.5 Å². The third-order valence-electron chi connectivity index (χ3n) is 6.68. The minimum absolute atomic E-state index is 0.196. The van der Waals surface area contributed by atoms with E-state index in [2.05, 4.69) is 28.3 Å². The number of ether oxygens (including phenoxy) is 1. The van der Waals surface area contributed by atoms with Crippen molar-refractivity contribution >= 4 is 28.0 Å². The fourth-order valence-electron chi connectivity index (χ4n) is 5.07. The number of hydrogen-bond acceptors (Lipinski definition) is 5. The average molecular weight is 434 g/mol. The van der Waals surface area contributed by atoms with Gasteiger partial charge in [0.05, 0.1) is 12.6 Å². The Morgan fingerprint density at radius 2 is 1.91 bits per heavy atom. The number of anilines is 1. The van der Waals surface area contributed by atoms with Gasteiger partial charge in [-0.3, -0.25) is 4.98 Å². The van der Waals surface area contributed by atoms with Gasteiger partial charge < -0.3 is 14.5 Å². The molecule has 1 fully saturated rings. The fourth-order valence-corrected chi connectivity index (χ4v) is 5.07. The van der Waals surface area contributed by atoms with Crippen LogP contribution in [0.3, 0.4) is 0 Å². The Kier molecular flexibility index (Phi) is 5.68. The molecule has 0 bridgehead atoms. The van der Waals surface area contributed by atoms with Crippen LogP contribution in [0, 0.1) is 11.7 Å². The zero-order valence-corrected chi connectivity index (χ0v) is 18.5. The fraction of sp³-hybridized carbons (Fsp3) is 0.385. The van der Waals surface area contributed by atoms with E-state index in [-0.39, 0.29) is 11.9 Å². The van der Waals surface area contributed by atoms with E-state index in [0.29, 0.717) is 17.9 Å². The highest BCUT2D eigenvalue weighted by Crippen LogP contribution is 2.40. The number of benzene rings is 2. The minimum atomic E-state index is -0.196. The molecular formula is C26H28FN3O2. The Morgan fingerprint density at radius 1 is 1.09 bits per heavy atom. The molecule has 166 valence electrons. The van der Waals surface area contributed by atoms with Crippen molar-refractivity contribution in [2.75, 3.05) is 12.4 Å². The van der Waals surface area contributed by atoms with Crippen molar-refractivity contribution in [3.05, 3.63) is 60.0 Å². The van der Waals surface area contributed by atoms with Crippen LogP contribution in [-0.4, -0.2) is 23.1 Å². The lowest BCUT2D eigenvalue weighted by molar-refractivity contribution is 0.301. The first-order valence-electron chi connectivity index (χ1n) is 11.3. The summed E-state index contributed by atoms with van der Waals surface area (Å²) < 4.78 is 24.9. The Morgan fingerprint density at radius 3 is 2.72 bits per heavy atom. The van der Waals surface area contributed by atoms with E-state index in [1.54, 1.807) is 19.2 Å². The van der Waals surface area contributed by atoms with E-state index in [0.717, 1.165) is 47.0 Å². The molecule has 4 aromatic rings. The van der Waals surface area contributed by atoms with Crippen molar-refractivity contribution in [3.63, 3.8) is 0 Å². The van der Waals surface area contributed by atoms with Gasteiger partial charge in [0, 0.05) is 23.7 Å². The predicted molar refractivity (Wildman–Crippen MR) is 125 cm³/mol. The van der Waals surface area contributed by atoms with Gasteiger partial charge in [-0.25, -0.2) is 4.39 Å². The van der Waals surface area contributed by atoms with E-state index >= 15 is 0 Å². The number of oxazole rings is 1. The predicted octanol–water partition coefficient (Wildman–Crippen LogP) is 6.69. The Balaban J connectivity index is 1.19. The molecule has 2 aromatic carbocycles. The van der Waals surface area contributed by atoms with Crippen LogP contribution in [0.15, 0.2) is 53.1 Å². The zero-order valence-electron chi connectivity index (χ0n) is 18.5. The van der Waals surface area contributed by atoms with Crippen LogP contribution < -0.4 is 10.1 Å². The summed E-state index contributed by atoms with van der Waals surface area (Å²) in [7, 11) is 1.64. The zero-order chi connectivity index (χ0) is 22.1. The summed E-state index contributed by atoms with van der Waals surface area (Å²) in [4.78, 5) is 8.94. The summed E-state index contributed by atoms with van der Waals surface area (Å²) in [5.74, 6) is 1.68. The first-order valence-corrected chi connectivity index (χ1v) is 11.3. The second-order valence-corrected chi connectivity index (χ2v) is 8.91. The van der Waals surface area contributed by atoms with Crippen molar-refractivity contribution in [1.29, 1.82) is 0 Å². The van der Waals surface area contributed by atoms with Crippen molar-refractivity contribution < 1.29 is 13.5 Å². The Bertz CT molecular complexity index is 1230. The number of halogens is 1. The third kappa shape index (κ3) is 4.27. The van der Waals surface area contributed by atoms with Gasteiger partial charge in [0.15, 0.2) is 5.58 Å². The summed E-state index contributed by atoms with van der Waals surface area (Å²) in [6.45, 7) is 2.18. The van der Waals surface area contributed by atoms with E-state index in [1.807, 2.05) is 24.4 Å². The van der Waals surface area contributed by atoms with Crippen LogP contribution in [0.5, 0.6) is 5.75 Å². The third-order valence-corrected chi connectivity index (χ3v) is 6.68. The monoisotopic (exact) mass is 433 g/mol. The molecule has 0 radical (unpaired) electrons. The number of aromatic nitrogens is 2.